The maximum atomic E-state index is 10.9. The Morgan fingerprint density at radius 1 is 1.43 bits per heavy atom. The highest BCUT2D eigenvalue weighted by atomic mass is 16.7. The van der Waals surface area contributed by atoms with E-state index in [1.165, 1.54) is 0 Å². The van der Waals surface area contributed by atoms with Crippen molar-refractivity contribution in [3.8, 4) is 0 Å². The van der Waals surface area contributed by atoms with E-state index in [2.05, 4.69) is 0 Å². The molecule has 0 aromatic heterocycles. The molecule has 74 valence electrons. The van der Waals surface area contributed by atoms with Gasteiger partial charge in [-0.05, 0) is 12.1 Å². The zero-order valence-electron chi connectivity index (χ0n) is 7.84. The largest absolute Gasteiger partial charge is 0.333 e. The van der Waals surface area contributed by atoms with Gasteiger partial charge in [-0.1, -0.05) is 25.1 Å². The number of carbonyl (C=O) groups is 2. The Morgan fingerprint density at radius 3 is 2.57 bits per heavy atom. The van der Waals surface area contributed by atoms with Gasteiger partial charge < -0.3 is 4.84 Å². The van der Waals surface area contributed by atoms with Crippen molar-refractivity contribution in [2.75, 3.05) is 5.06 Å². The van der Waals surface area contributed by atoms with Crippen LogP contribution in [-0.2, 0) is 14.4 Å². The molecule has 0 saturated heterocycles. The Morgan fingerprint density at radius 2 is 2.07 bits per heavy atom. The number of para-hydroxylation sites is 1. The van der Waals surface area contributed by atoms with Crippen LogP contribution in [0.3, 0.4) is 0 Å². The van der Waals surface area contributed by atoms with Crippen LogP contribution in [0.5, 0.6) is 0 Å². The Labute approximate surface area is 82.0 Å². The van der Waals surface area contributed by atoms with E-state index in [9.17, 15) is 9.59 Å². The highest BCUT2D eigenvalue weighted by Gasteiger charge is 2.09. The number of anilines is 1. The molecule has 1 rings (SSSR count). The summed E-state index contributed by atoms with van der Waals surface area (Å²) in [6.07, 6.45) is 0.695. The Balaban J connectivity index is 2.73. The molecule has 0 fully saturated rings. The van der Waals surface area contributed by atoms with E-state index >= 15 is 0 Å². The fraction of sp³-hybridized carbons (Fsp3) is 0.200. The third kappa shape index (κ3) is 2.58. The summed E-state index contributed by atoms with van der Waals surface area (Å²) in [6.45, 7) is 1.66. The molecular weight excluding hydrogens is 182 g/mol. The molecular formula is C10H11NO3. The topological polar surface area (TPSA) is 46.6 Å². The van der Waals surface area contributed by atoms with Crippen LogP contribution in [0.25, 0.3) is 0 Å². The monoisotopic (exact) mass is 193 g/mol. The maximum Gasteiger partial charge on any atom is 0.332 e. The second kappa shape index (κ2) is 5.01. The van der Waals surface area contributed by atoms with E-state index < -0.39 is 5.97 Å². The number of nitrogens with zero attached hydrogens (tertiary/aromatic N) is 1. The number of hydrogen-bond donors (Lipinski definition) is 0. The zero-order valence-corrected chi connectivity index (χ0v) is 7.84. The molecule has 0 bridgehead atoms. The fourth-order valence-electron chi connectivity index (χ4n) is 0.884. The van der Waals surface area contributed by atoms with Crippen LogP contribution < -0.4 is 5.06 Å². The molecule has 0 atom stereocenters. The summed E-state index contributed by atoms with van der Waals surface area (Å²) in [7, 11) is 0. The van der Waals surface area contributed by atoms with Gasteiger partial charge in [0.05, 0.1) is 5.69 Å². The lowest BCUT2D eigenvalue weighted by Gasteiger charge is -2.15. The first-order valence-corrected chi connectivity index (χ1v) is 4.28. The van der Waals surface area contributed by atoms with Crippen LogP contribution in [0.1, 0.15) is 13.3 Å². The lowest BCUT2D eigenvalue weighted by molar-refractivity contribution is -0.147. The fourth-order valence-corrected chi connectivity index (χ4v) is 0.884. The van der Waals surface area contributed by atoms with Gasteiger partial charge in [-0.2, -0.15) is 0 Å². The van der Waals surface area contributed by atoms with Crippen LogP contribution in [0, 0.1) is 0 Å². The molecule has 0 aliphatic rings. The van der Waals surface area contributed by atoms with Crippen LogP contribution in [0.4, 0.5) is 5.69 Å². The molecule has 0 saturated carbocycles. The average molecular weight is 193 g/mol. The molecule has 0 unspecified atom stereocenters. The first-order chi connectivity index (χ1) is 6.77. The SMILES string of the molecule is CCC(=O)ON(C=O)c1ccccc1. The second-order valence-electron chi connectivity index (χ2n) is 2.58. The number of hydrogen-bond acceptors (Lipinski definition) is 3. The lowest BCUT2D eigenvalue weighted by atomic mass is 10.3. The van der Waals surface area contributed by atoms with Gasteiger partial charge in [0.25, 0.3) is 0 Å². The summed E-state index contributed by atoms with van der Waals surface area (Å²) in [5.74, 6) is -0.444. The van der Waals surface area contributed by atoms with E-state index in [1.54, 1.807) is 31.2 Å². The molecule has 0 radical (unpaired) electrons. The van der Waals surface area contributed by atoms with E-state index in [1.807, 2.05) is 6.07 Å². The molecule has 0 heterocycles. The molecule has 4 heteroatoms. The molecule has 0 aliphatic heterocycles. The Kier molecular flexibility index (Phi) is 3.67. The molecule has 1 amide bonds. The minimum Gasteiger partial charge on any atom is -0.333 e. The van der Waals surface area contributed by atoms with Gasteiger partial charge >= 0.3 is 5.97 Å². The van der Waals surface area contributed by atoms with Gasteiger partial charge in [0.15, 0.2) is 0 Å². The molecule has 0 spiro atoms. The van der Waals surface area contributed by atoms with Gasteiger partial charge in [-0.3, -0.25) is 4.79 Å². The minimum absolute atomic E-state index is 0.233. The van der Waals surface area contributed by atoms with Crippen LogP contribution in [-0.4, -0.2) is 12.4 Å². The molecule has 4 nitrogen and oxygen atoms in total. The van der Waals surface area contributed by atoms with Gasteiger partial charge in [0.2, 0.25) is 6.41 Å². The minimum atomic E-state index is -0.444. The third-order valence-corrected chi connectivity index (χ3v) is 1.60. The molecule has 1 aromatic rings. The van der Waals surface area contributed by atoms with Crippen molar-refractivity contribution in [2.45, 2.75) is 13.3 Å². The van der Waals surface area contributed by atoms with E-state index in [4.69, 9.17) is 4.84 Å². The predicted molar refractivity (Wildman–Crippen MR) is 51.4 cm³/mol. The van der Waals surface area contributed by atoms with Crippen molar-refractivity contribution in [3.05, 3.63) is 30.3 Å². The Bertz CT molecular complexity index is 310. The van der Waals surface area contributed by atoms with Crippen molar-refractivity contribution in [2.24, 2.45) is 0 Å². The number of rotatable bonds is 4. The first-order valence-electron chi connectivity index (χ1n) is 4.28. The second-order valence-corrected chi connectivity index (χ2v) is 2.58. The van der Waals surface area contributed by atoms with E-state index in [0.717, 1.165) is 5.06 Å². The summed E-state index contributed by atoms with van der Waals surface area (Å²) in [5, 5.41) is 0.909. The van der Waals surface area contributed by atoms with Gasteiger partial charge in [-0.15, -0.1) is 5.06 Å². The summed E-state index contributed by atoms with van der Waals surface area (Å²) in [4.78, 5) is 26.3. The van der Waals surface area contributed by atoms with Gasteiger partial charge in [0.1, 0.15) is 0 Å². The summed E-state index contributed by atoms with van der Waals surface area (Å²) in [6, 6.07) is 8.68. The normalized spacial score (nSPS) is 9.21. The average Bonchev–Trinajstić information content (AvgIpc) is 2.26. The number of amides is 1. The number of benzene rings is 1. The van der Waals surface area contributed by atoms with Crippen LogP contribution in [0.2, 0.25) is 0 Å². The quantitative estimate of drug-likeness (QED) is 0.538. The zero-order chi connectivity index (χ0) is 10.4. The van der Waals surface area contributed by atoms with Crippen molar-refractivity contribution in [1.82, 2.24) is 0 Å². The maximum absolute atomic E-state index is 10.9. The van der Waals surface area contributed by atoms with Gasteiger partial charge in [0, 0.05) is 6.42 Å². The van der Waals surface area contributed by atoms with Crippen molar-refractivity contribution in [1.29, 1.82) is 0 Å². The van der Waals surface area contributed by atoms with Crippen molar-refractivity contribution in [3.63, 3.8) is 0 Å². The number of hydroxylamine groups is 1. The van der Waals surface area contributed by atoms with Gasteiger partial charge in [-0.25, -0.2) is 4.79 Å². The molecule has 1 aromatic carbocycles. The smallest absolute Gasteiger partial charge is 0.332 e. The van der Waals surface area contributed by atoms with Crippen LogP contribution >= 0.6 is 0 Å². The summed E-state index contributed by atoms with van der Waals surface area (Å²) < 4.78 is 0. The number of carbonyl (C=O) groups excluding carboxylic acids is 2. The van der Waals surface area contributed by atoms with E-state index in [-0.39, 0.29) is 6.42 Å². The molecule has 0 N–H and O–H groups in total. The predicted octanol–water partition coefficient (Wildman–Crippen LogP) is 1.52. The summed E-state index contributed by atoms with van der Waals surface area (Å²) in [5.41, 5.74) is 0.532. The standard InChI is InChI=1S/C10H11NO3/c1-2-10(13)14-11(8-12)9-6-4-3-5-7-9/h3-8H,2H2,1H3. The van der Waals surface area contributed by atoms with E-state index in [0.29, 0.717) is 12.1 Å². The van der Waals surface area contributed by atoms with Crippen LogP contribution in [0.15, 0.2) is 30.3 Å². The highest BCUT2D eigenvalue weighted by molar-refractivity contribution is 5.78. The summed E-state index contributed by atoms with van der Waals surface area (Å²) >= 11 is 0. The first kappa shape index (κ1) is 10.2. The van der Waals surface area contributed by atoms with Crippen molar-refractivity contribution < 1.29 is 14.4 Å². The molecule has 0 aliphatic carbocycles. The molecule has 14 heavy (non-hydrogen) atoms. The third-order valence-electron chi connectivity index (χ3n) is 1.60. The highest BCUT2D eigenvalue weighted by Crippen LogP contribution is 2.11. The Hall–Kier alpha value is -1.84. The van der Waals surface area contributed by atoms with Crippen molar-refractivity contribution >= 4 is 18.1 Å². The lowest BCUT2D eigenvalue weighted by Crippen LogP contribution is -2.25.